The Morgan fingerprint density at radius 3 is 2.76 bits per heavy atom. The normalized spacial score (nSPS) is 16.6. The summed E-state index contributed by atoms with van der Waals surface area (Å²) in [4.78, 5) is 11.8. The summed E-state index contributed by atoms with van der Waals surface area (Å²) in [5.74, 6) is 0.390. The van der Waals surface area contributed by atoms with Crippen molar-refractivity contribution >= 4 is 24.2 Å². The number of hydrogen-bond donors (Lipinski definition) is 2. The molecule has 17 heavy (non-hydrogen) atoms. The molecule has 1 aromatic carbocycles. The van der Waals surface area contributed by atoms with E-state index in [2.05, 4.69) is 17.9 Å². The average Bonchev–Trinajstić information content (AvgIpc) is 3.04. The minimum atomic E-state index is -0.293. The maximum Gasteiger partial charge on any atom is 0.224 e. The molecule has 1 aliphatic carbocycles. The molecule has 92 valence electrons. The van der Waals surface area contributed by atoms with Crippen LogP contribution in [-0.2, 0) is 4.79 Å². The van der Waals surface area contributed by atoms with Crippen LogP contribution in [0.25, 0.3) is 0 Å². The summed E-state index contributed by atoms with van der Waals surface area (Å²) >= 11 is 4.25. The van der Waals surface area contributed by atoms with Gasteiger partial charge >= 0.3 is 0 Å². The molecule has 1 N–H and O–H groups in total. The number of carbonyl (C=O) groups is 1. The largest absolute Gasteiger partial charge is 0.326 e. The molecule has 0 spiro atoms. The van der Waals surface area contributed by atoms with Crippen molar-refractivity contribution in [3.63, 3.8) is 0 Å². The number of rotatable bonds is 4. The summed E-state index contributed by atoms with van der Waals surface area (Å²) in [5, 5.41) is 2.73. The minimum Gasteiger partial charge on any atom is -0.326 e. The Morgan fingerprint density at radius 1 is 1.53 bits per heavy atom. The molecular weight excluding hydrogens is 237 g/mol. The summed E-state index contributed by atoms with van der Waals surface area (Å²) in [7, 11) is 0. The van der Waals surface area contributed by atoms with E-state index in [9.17, 15) is 9.18 Å². The van der Waals surface area contributed by atoms with Crippen molar-refractivity contribution in [2.45, 2.75) is 26.2 Å². The first-order valence-corrected chi connectivity index (χ1v) is 6.35. The third-order valence-electron chi connectivity index (χ3n) is 3.28. The predicted molar refractivity (Wildman–Crippen MR) is 69.9 cm³/mol. The minimum absolute atomic E-state index is 0.0557. The lowest BCUT2D eigenvalue weighted by molar-refractivity contribution is -0.117. The topological polar surface area (TPSA) is 29.1 Å². The molecule has 0 bridgehead atoms. The molecule has 2 rings (SSSR count). The average molecular weight is 253 g/mol. The van der Waals surface area contributed by atoms with Gasteiger partial charge in [0.25, 0.3) is 0 Å². The zero-order valence-corrected chi connectivity index (χ0v) is 10.7. The summed E-state index contributed by atoms with van der Waals surface area (Å²) in [6.45, 7) is 1.70. The molecule has 2 nitrogen and oxygen atoms in total. The van der Waals surface area contributed by atoms with Gasteiger partial charge < -0.3 is 5.32 Å². The number of thiol groups is 1. The lowest BCUT2D eigenvalue weighted by Gasteiger charge is -2.12. The van der Waals surface area contributed by atoms with Crippen LogP contribution in [0.3, 0.4) is 0 Å². The van der Waals surface area contributed by atoms with Crippen molar-refractivity contribution in [2.24, 2.45) is 5.41 Å². The van der Waals surface area contributed by atoms with Crippen LogP contribution in [0.15, 0.2) is 18.2 Å². The highest BCUT2D eigenvalue weighted by atomic mass is 32.1. The first-order chi connectivity index (χ1) is 8.04. The zero-order valence-electron chi connectivity index (χ0n) is 9.79. The van der Waals surface area contributed by atoms with E-state index in [1.54, 1.807) is 19.1 Å². The smallest absolute Gasteiger partial charge is 0.224 e. The van der Waals surface area contributed by atoms with Crippen LogP contribution in [-0.4, -0.2) is 11.7 Å². The fourth-order valence-electron chi connectivity index (χ4n) is 1.78. The monoisotopic (exact) mass is 253 g/mol. The third kappa shape index (κ3) is 3.00. The molecule has 1 saturated carbocycles. The molecule has 0 saturated heterocycles. The van der Waals surface area contributed by atoms with Gasteiger partial charge in [-0.3, -0.25) is 4.79 Å². The third-order valence-corrected chi connectivity index (χ3v) is 3.95. The first-order valence-electron chi connectivity index (χ1n) is 5.72. The van der Waals surface area contributed by atoms with Gasteiger partial charge in [-0.2, -0.15) is 12.6 Å². The van der Waals surface area contributed by atoms with Crippen LogP contribution in [0, 0.1) is 18.2 Å². The maximum absolute atomic E-state index is 13.3. The number of carbonyl (C=O) groups excluding carboxylic acids is 1. The van der Waals surface area contributed by atoms with Gasteiger partial charge in [0.2, 0.25) is 5.91 Å². The highest BCUT2D eigenvalue weighted by molar-refractivity contribution is 7.80. The van der Waals surface area contributed by atoms with Crippen molar-refractivity contribution in [2.75, 3.05) is 11.1 Å². The van der Waals surface area contributed by atoms with Crippen molar-refractivity contribution in [1.82, 2.24) is 0 Å². The lowest BCUT2D eigenvalue weighted by atomic mass is 10.1. The van der Waals surface area contributed by atoms with E-state index in [1.165, 1.54) is 6.07 Å². The number of anilines is 1. The molecule has 1 aliphatic rings. The molecule has 0 atom stereocenters. The van der Waals surface area contributed by atoms with Gasteiger partial charge in [-0.25, -0.2) is 4.39 Å². The molecule has 0 aromatic heterocycles. The van der Waals surface area contributed by atoms with Crippen LogP contribution >= 0.6 is 12.6 Å². The van der Waals surface area contributed by atoms with E-state index in [4.69, 9.17) is 0 Å². The molecule has 1 fully saturated rings. The van der Waals surface area contributed by atoms with Gasteiger partial charge in [-0.1, -0.05) is 6.07 Å². The molecule has 0 aliphatic heterocycles. The second-order valence-corrected chi connectivity index (χ2v) is 5.16. The van der Waals surface area contributed by atoms with Gasteiger partial charge in [0.05, 0.1) is 0 Å². The van der Waals surface area contributed by atoms with Gasteiger partial charge in [-0.05, 0) is 48.6 Å². The first kappa shape index (κ1) is 12.4. The van der Waals surface area contributed by atoms with Gasteiger partial charge in [0, 0.05) is 12.1 Å². The van der Waals surface area contributed by atoms with Crippen LogP contribution in [0.5, 0.6) is 0 Å². The standard InChI is InChI=1S/C13H16FNOS/c1-9-2-3-10(6-11(9)14)15-12(16)7-13(8-17)4-5-13/h2-3,6,17H,4-5,7-8H2,1H3,(H,15,16). The van der Waals surface area contributed by atoms with Crippen molar-refractivity contribution in [3.8, 4) is 0 Å². The highest BCUT2D eigenvalue weighted by Crippen LogP contribution is 2.49. The molecular formula is C13H16FNOS. The molecule has 1 amide bonds. The Morgan fingerprint density at radius 2 is 2.24 bits per heavy atom. The zero-order chi connectivity index (χ0) is 12.5. The van der Waals surface area contributed by atoms with E-state index in [0.29, 0.717) is 17.7 Å². The van der Waals surface area contributed by atoms with Crippen molar-refractivity contribution < 1.29 is 9.18 Å². The summed E-state index contributed by atoms with van der Waals surface area (Å²) in [6, 6.07) is 4.74. The van der Waals surface area contributed by atoms with Crippen molar-refractivity contribution in [3.05, 3.63) is 29.6 Å². The maximum atomic E-state index is 13.3. The van der Waals surface area contributed by atoms with E-state index < -0.39 is 0 Å². The molecule has 0 heterocycles. The van der Waals surface area contributed by atoms with Crippen molar-refractivity contribution in [1.29, 1.82) is 0 Å². The van der Waals surface area contributed by atoms with Gasteiger partial charge in [0.15, 0.2) is 0 Å². The van der Waals surface area contributed by atoms with E-state index in [0.717, 1.165) is 18.6 Å². The second-order valence-electron chi connectivity index (χ2n) is 4.85. The molecule has 0 radical (unpaired) electrons. The molecule has 0 unspecified atom stereocenters. The fourth-order valence-corrected chi connectivity index (χ4v) is 2.21. The number of benzene rings is 1. The Hall–Kier alpha value is -1.03. The number of nitrogens with one attached hydrogen (secondary N) is 1. The Balaban J connectivity index is 1.96. The van der Waals surface area contributed by atoms with Crippen LogP contribution < -0.4 is 5.32 Å². The Bertz CT molecular complexity index is 443. The van der Waals surface area contributed by atoms with E-state index in [-0.39, 0.29) is 17.1 Å². The predicted octanol–water partition coefficient (Wildman–Crippen LogP) is 3.17. The molecule has 1 aromatic rings. The second kappa shape index (κ2) is 4.69. The SMILES string of the molecule is Cc1ccc(NC(=O)CC2(CS)CC2)cc1F. The van der Waals surface area contributed by atoms with Crippen LogP contribution in [0.1, 0.15) is 24.8 Å². The van der Waals surface area contributed by atoms with Gasteiger partial charge in [-0.15, -0.1) is 0 Å². The van der Waals surface area contributed by atoms with Crippen LogP contribution in [0.4, 0.5) is 10.1 Å². The Labute approximate surface area is 106 Å². The quantitative estimate of drug-likeness (QED) is 0.793. The fraction of sp³-hybridized carbons (Fsp3) is 0.462. The summed E-state index contributed by atoms with van der Waals surface area (Å²) in [5.41, 5.74) is 1.20. The summed E-state index contributed by atoms with van der Waals surface area (Å²) in [6.07, 6.45) is 2.60. The Kier molecular flexibility index (Phi) is 3.43. The number of amides is 1. The van der Waals surface area contributed by atoms with Gasteiger partial charge in [0.1, 0.15) is 5.82 Å². The van der Waals surface area contributed by atoms with E-state index in [1.807, 2.05) is 0 Å². The number of hydrogen-bond acceptors (Lipinski definition) is 2. The number of aryl methyl sites for hydroxylation is 1. The lowest BCUT2D eigenvalue weighted by Crippen LogP contribution is -2.18. The number of halogens is 1. The molecule has 4 heteroatoms. The van der Waals surface area contributed by atoms with E-state index >= 15 is 0 Å². The summed E-state index contributed by atoms with van der Waals surface area (Å²) < 4.78 is 13.3. The van der Waals surface area contributed by atoms with Crippen LogP contribution in [0.2, 0.25) is 0 Å². The highest BCUT2D eigenvalue weighted by Gasteiger charge is 2.42.